The van der Waals surface area contributed by atoms with E-state index in [1.165, 1.54) is 0 Å². The van der Waals surface area contributed by atoms with E-state index in [4.69, 9.17) is 21.6 Å². The number of hydrogen-bond donors (Lipinski definition) is 1. The topological polar surface area (TPSA) is 45.0 Å². The summed E-state index contributed by atoms with van der Waals surface area (Å²) in [5.41, 5.74) is 2.35. The van der Waals surface area contributed by atoms with E-state index in [0.29, 0.717) is 22.9 Å². The standard InChI is InChI=1S/C15H12BrClN2O/c1-20-15-5-2-10(6-11(15)8-18)9-19-14-7-12(16)3-4-13(14)17/h2-7,19H,9H2,1H3. The number of nitriles is 1. The van der Waals surface area contributed by atoms with Gasteiger partial charge in [0, 0.05) is 11.0 Å². The third kappa shape index (κ3) is 3.44. The number of anilines is 1. The van der Waals surface area contributed by atoms with Gasteiger partial charge in [0.15, 0.2) is 0 Å². The molecule has 0 aliphatic heterocycles. The molecule has 0 aliphatic rings. The Hall–Kier alpha value is -1.70. The molecule has 20 heavy (non-hydrogen) atoms. The molecule has 2 aromatic rings. The summed E-state index contributed by atoms with van der Waals surface area (Å²) in [7, 11) is 1.55. The lowest BCUT2D eigenvalue weighted by Gasteiger charge is -2.10. The molecule has 0 aliphatic carbocycles. The summed E-state index contributed by atoms with van der Waals surface area (Å²) in [5, 5.41) is 13.0. The van der Waals surface area contributed by atoms with Crippen LogP contribution in [0, 0.1) is 11.3 Å². The van der Waals surface area contributed by atoms with Gasteiger partial charge in [0.05, 0.1) is 23.4 Å². The second-order valence-corrected chi connectivity index (χ2v) is 5.45. The highest BCUT2D eigenvalue weighted by atomic mass is 79.9. The summed E-state index contributed by atoms with van der Waals surface area (Å²) in [4.78, 5) is 0. The van der Waals surface area contributed by atoms with Gasteiger partial charge in [0.2, 0.25) is 0 Å². The molecule has 2 aromatic carbocycles. The summed E-state index contributed by atoms with van der Waals surface area (Å²) in [5.74, 6) is 0.580. The predicted molar refractivity (Wildman–Crippen MR) is 84.2 cm³/mol. The van der Waals surface area contributed by atoms with Crippen molar-refractivity contribution in [2.45, 2.75) is 6.54 Å². The summed E-state index contributed by atoms with van der Waals surface area (Å²) in [6.45, 7) is 0.578. The first-order chi connectivity index (χ1) is 9.63. The van der Waals surface area contributed by atoms with Gasteiger partial charge in [-0.05, 0) is 35.9 Å². The van der Waals surface area contributed by atoms with Gasteiger partial charge in [-0.2, -0.15) is 5.26 Å². The van der Waals surface area contributed by atoms with Crippen LogP contribution in [0.1, 0.15) is 11.1 Å². The molecule has 1 N–H and O–H groups in total. The van der Waals surface area contributed by atoms with E-state index < -0.39 is 0 Å². The number of benzene rings is 2. The van der Waals surface area contributed by atoms with Crippen LogP contribution >= 0.6 is 27.5 Å². The minimum absolute atomic E-state index is 0.520. The second-order valence-electron chi connectivity index (χ2n) is 4.12. The molecule has 0 amide bonds. The van der Waals surface area contributed by atoms with E-state index in [-0.39, 0.29) is 0 Å². The number of halogens is 2. The molecule has 5 heteroatoms. The maximum atomic E-state index is 9.06. The average Bonchev–Trinajstić information content (AvgIpc) is 2.47. The maximum absolute atomic E-state index is 9.06. The fraction of sp³-hybridized carbons (Fsp3) is 0.133. The Morgan fingerprint density at radius 2 is 2.10 bits per heavy atom. The van der Waals surface area contributed by atoms with Crippen molar-refractivity contribution in [2.24, 2.45) is 0 Å². The monoisotopic (exact) mass is 350 g/mol. The van der Waals surface area contributed by atoms with Gasteiger partial charge in [-0.25, -0.2) is 0 Å². The van der Waals surface area contributed by atoms with Crippen LogP contribution in [0.5, 0.6) is 5.75 Å². The van der Waals surface area contributed by atoms with Gasteiger partial charge in [0.25, 0.3) is 0 Å². The Kier molecular flexibility index (Phi) is 4.89. The predicted octanol–water partition coefficient (Wildman–Crippen LogP) is 4.59. The number of methoxy groups -OCH3 is 1. The first-order valence-electron chi connectivity index (χ1n) is 5.90. The fourth-order valence-electron chi connectivity index (χ4n) is 1.78. The van der Waals surface area contributed by atoms with Crippen LogP contribution in [0.4, 0.5) is 5.69 Å². The van der Waals surface area contributed by atoms with Crippen molar-refractivity contribution in [3.05, 3.63) is 57.0 Å². The lowest BCUT2D eigenvalue weighted by atomic mass is 10.1. The van der Waals surface area contributed by atoms with Crippen LogP contribution < -0.4 is 10.1 Å². The summed E-state index contributed by atoms with van der Waals surface area (Å²) in [6.07, 6.45) is 0. The van der Waals surface area contributed by atoms with Crippen LogP contribution in [0.3, 0.4) is 0 Å². The van der Waals surface area contributed by atoms with Gasteiger partial charge < -0.3 is 10.1 Å². The van der Waals surface area contributed by atoms with E-state index in [0.717, 1.165) is 15.7 Å². The molecular formula is C15H12BrClN2O. The highest BCUT2D eigenvalue weighted by Crippen LogP contribution is 2.26. The van der Waals surface area contributed by atoms with Gasteiger partial charge in [0.1, 0.15) is 11.8 Å². The zero-order valence-corrected chi connectivity index (χ0v) is 13.1. The summed E-state index contributed by atoms with van der Waals surface area (Å²) < 4.78 is 6.07. The Labute approximate surface area is 131 Å². The number of rotatable bonds is 4. The highest BCUT2D eigenvalue weighted by molar-refractivity contribution is 9.10. The Bertz CT molecular complexity index is 667. The van der Waals surface area contributed by atoms with Crippen molar-refractivity contribution in [3.63, 3.8) is 0 Å². The lowest BCUT2D eigenvalue weighted by Crippen LogP contribution is -2.01. The lowest BCUT2D eigenvalue weighted by molar-refractivity contribution is 0.413. The van der Waals surface area contributed by atoms with Gasteiger partial charge in [-0.1, -0.05) is 33.6 Å². The summed E-state index contributed by atoms with van der Waals surface area (Å²) in [6, 6.07) is 13.2. The fourth-order valence-corrected chi connectivity index (χ4v) is 2.33. The van der Waals surface area contributed by atoms with Crippen molar-refractivity contribution in [2.75, 3.05) is 12.4 Å². The van der Waals surface area contributed by atoms with Gasteiger partial charge in [-0.3, -0.25) is 0 Å². The second kappa shape index (κ2) is 6.65. The molecule has 0 saturated heterocycles. The van der Waals surface area contributed by atoms with Crippen molar-refractivity contribution < 1.29 is 4.74 Å². The molecule has 0 fully saturated rings. The van der Waals surface area contributed by atoms with Crippen LogP contribution in [-0.2, 0) is 6.54 Å². The zero-order chi connectivity index (χ0) is 14.5. The van der Waals surface area contributed by atoms with Crippen molar-refractivity contribution in [1.29, 1.82) is 5.26 Å². The van der Waals surface area contributed by atoms with E-state index >= 15 is 0 Å². The average molecular weight is 352 g/mol. The SMILES string of the molecule is COc1ccc(CNc2cc(Br)ccc2Cl)cc1C#N. The van der Waals surface area contributed by atoms with Crippen LogP contribution in [0.25, 0.3) is 0 Å². The molecule has 3 nitrogen and oxygen atoms in total. The number of ether oxygens (including phenoxy) is 1. The number of hydrogen-bond acceptors (Lipinski definition) is 3. The molecule has 0 aromatic heterocycles. The molecule has 0 bridgehead atoms. The van der Waals surface area contributed by atoms with E-state index in [1.807, 2.05) is 24.3 Å². The minimum Gasteiger partial charge on any atom is -0.495 e. The van der Waals surface area contributed by atoms with E-state index in [9.17, 15) is 0 Å². The normalized spacial score (nSPS) is 9.90. The Morgan fingerprint density at radius 1 is 1.30 bits per heavy atom. The molecule has 0 unspecified atom stereocenters. The Balaban J connectivity index is 2.15. The third-order valence-electron chi connectivity index (χ3n) is 2.80. The molecule has 2 rings (SSSR count). The molecule has 0 heterocycles. The maximum Gasteiger partial charge on any atom is 0.136 e. The smallest absolute Gasteiger partial charge is 0.136 e. The Morgan fingerprint density at radius 3 is 2.80 bits per heavy atom. The van der Waals surface area contributed by atoms with Crippen LogP contribution in [0.2, 0.25) is 5.02 Å². The molecule has 0 spiro atoms. The van der Waals surface area contributed by atoms with Gasteiger partial charge >= 0.3 is 0 Å². The first-order valence-corrected chi connectivity index (χ1v) is 7.07. The summed E-state index contributed by atoms with van der Waals surface area (Å²) >= 11 is 9.52. The molecule has 0 radical (unpaired) electrons. The first kappa shape index (κ1) is 14.7. The van der Waals surface area contributed by atoms with E-state index in [1.54, 1.807) is 19.2 Å². The quantitative estimate of drug-likeness (QED) is 0.876. The van der Waals surface area contributed by atoms with Gasteiger partial charge in [-0.15, -0.1) is 0 Å². The highest BCUT2D eigenvalue weighted by Gasteiger charge is 2.05. The minimum atomic E-state index is 0.520. The molecule has 102 valence electrons. The van der Waals surface area contributed by atoms with E-state index in [2.05, 4.69) is 27.3 Å². The number of nitrogens with zero attached hydrogens (tertiary/aromatic N) is 1. The number of nitrogens with one attached hydrogen (secondary N) is 1. The van der Waals surface area contributed by atoms with Crippen LogP contribution in [-0.4, -0.2) is 7.11 Å². The largest absolute Gasteiger partial charge is 0.495 e. The van der Waals surface area contributed by atoms with Crippen molar-refractivity contribution in [3.8, 4) is 11.8 Å². The van der Waals surface area contributed by atoms with Crippen molar-refractivity contribution >= 4 is 33.2 Å². The third-order valence-corrected chi connectivity index (χ3v) is 3.62. The van der Waals surface area contributed by atoms with Crippen molar-refractivity contribution in [1.82, 2.24) is 0 Å². The zero-order valence-electron chi connectivity index (χ0n) is 10.8. The molecule has 0 saturated carbocycles. The van der Waals surface area contributed by atoms with Crippen LogP contribution in [0.15, 0.2) is 40.9 Å². The molecule has 0 atom stereocenters. The molecular weight excluding hydrogens is 340 g/mol.